The van der Waals surface area contributed by atoms with Gasteiger partial charge in [0.15, 0.2) is 0 Å². The number of carbonyl (C=O) groups is 1. The molecule has 4 heteroatoms. The summed E-state index contributed by atoms with van der Waals surface area (Å²) in [4.78, 5) is 16.3. The Hall–Kier alpha value is -2.36. The molecule has 3 N–H and O–H groups in total. The lowest BCUT2D eigenvalue weighted by Gasteiger charge is -2.11. The van der Waals surface area contributed by atoms with Gasteiger partial charge < -0.3 is 11.1 Å². The van der Waals surface area contributed by atoms with Crippen LogP contribution in [0.4, 0.5) is 11.5 Å². The summed E-state index contributed by atoms with van der Waals surface area (Å²) in [6.07, 6.45) is 1.55. The van der Waals surface area contributed by atoms with Crippen LogP contribution in [0.3, 0.4) is 0 Å². The van der Waals surface area contributed by atoms with Crippen molar-refractivity contribution in [3.8, 4) is 0 Å². The van der Waals surface area contributed by atoms with E-state index >= 15 is 0 Å². The van der Waals surface area contributed by atoms with Gasteiger partial charge in [-0.3, -0.25) is 4.79 Å². The normalized spacial score (nSPS) is 10.6. The summed E-state index contributed by atoms with van der Waals surface area (Å²) in [6.45, 7) is 6.15. The SMILES string of the molecule is Cc1ccc(C(C)C)cc1C(=O)Nc1ccc(N)nc1. The second-order valence-electron chi connectivity index (χ2n) is 5.15. The minimum atomic E-state index is -0.128. The Kier molecular flexibility index (Phi) is 4.03. The van der Waals surface area contributed by atoms with E-state index in [0.717, 1.165) is 11.1 Å². The summed E-state index contributed by atoms with van der Waals surface area (Å²) in [6, 6.07) is 9.38. The van der Waals surface area contributed by atoms with Gasteiger partial charge in [-0.15, -0.1) is 0 Å². The third-order valence-electron chi connectivity index (χ3n) is 3.22. The number of nitrogens with one attached hydrogen (secondary N) is 1. The van der Waals surface area contributed by atoms with E-state index in [1.54, 1.807) is 18.3 Å². The van der Waals surface area contributed by atoms with Crippen LogP contribution in [-0.4, -0.2) is 10.9 Å². The van der Waals surface area contributed by atoms with Gasteiger partial charge in [-0.25, -0.2) is 4.98 Å². The lowest BCUT2D eigenvalue weighted by atomic mass is 9.97. The number of aromatic nitrogens is 1. The van der Waals surface area contributed by atoms with Crippen LogP contribution in [0.15, 0.2) is 36.5 Å². The second-order valence-corrected chi connectivity index (χ2v) is 5.15. The fraction of sp³-hybridized carbons (Fsp3) is 0.250. The lowest BCUT2D eigenvalue weighted by molar-refractivity contribution is 0.102. The lowest BCUT2D eigenvalue weighted by Crippen LogP contribution is -2.14. The molecule has 0 radical (unpaired) electrons. The molecule has 1 aromatic carbocycles. The van der Waals surface area contributed by atoms with Crippen LogP contribution in [0.25, 0.3) is 0 Å². The number of benzene rings is 1. The maximum atomic E-state index is 12.3. The maximum absolute atomic E-state index is 12.3. The topological polar surface area (TPSA) is 68.0 Å². The predicted molar refractivity (Wildman–Crippen MR) is 81.9 cm³/mol. The Morgan fingerprint density at radius 2 is 2.00 bits per heavy atom. The monoisotopic (exact) mass is 269 g/mol. The molecule has 1 aromatic heterocycles. The predicted octanol–water partition coefficient (Wildman–Crippen LogP) is 3.35. The van der Waals surface area contributed by atoms with Gasteiger partial charge in [-0.1, -0.05) is 26.0 Å². The zero-order valence-electron chi connectivity index (χ0n) is 12.0. The van der Waals surface area contributed by atoms with Crippen LogP contribution in [0, 0.1) is 6.92 Å². The minimum Gasteiger partial charge on any atom is -0.384 e. The van der Waals surface area contributed by atoms with E-state index in [4.69, 9.17) is 5.73 Å². The van der Waals surface area contributed by atoms with E-state index in [2.05, 4.69) is 30.2 Å². The Bertz CT molecular complexity index is 618. The summed E-state index contributed by atoms with van der Waals surface area (Å²) >= 11 is 0. The Labute approximate surface area is 119 Å². The van der Waals surface area contributed by atoms with Crippen LogP contribution in [-0.2, 0) is 0 Å². The molecule has 20 heavy (non-hydrogen) atoms. The van der Waals surface area contributed by atoms with Gasteiger partial charge in [0.25, 0.3) is 5.91 Å². The third-order valence-corrected chi connectivity index (χ3v) is 3.22. The van der Waals surface area contributed by atoms with Crippen molar-refractivity contribution in [2.45, 2.75) is 26.7 Å². The number of amides is 1. The first-order chi connectivity index (χ1) is 9.47. The molecule has 0 atom stereocenters. The fourth-order valence-corrected chi connectivity index (χ4v) is 1.92. The first kappa shape index (κ1) is 14.1. The fourth-order valence-electron chi connectivity index (χ4n) is 1.92. The summed E-state index contributed by atoms with van der Waals surface area (Å²) in [5, 5.41) is 2.84. The highest BCUT2D eigenvalue weighted by Crippen LogP contribution is 2.19. The first-order valence-corrected chi connectivity index (χ1v) is 6.61. The summed E-state index contributed by atoms with van der Waals surface area (Å²) < 4.78 is 0. The van der Waals surface area contributed by atoms with Crippen molar-refractivity contribution in [3.05, 3.63) is 53.2 Å². The molecule has 0 unspecified atom stereocenters. The number of aryl methyl sites for hydroxylation is 1. The molecule has 104 valence electrons. The van der Waals surface area contributed by atoms with Gasteiger partial charge in [-0.2, -0.15) is 0 Å². The van der Waals surface area contributed by atoms with E-state index in [9.17, 15) is 4.79 Å². The Morgan fingerprint density at radius 1 is 1.25 bits per heavy atom. The van der Waals surface area contributed by atoms with Gasteiger partial charge in [0.05, 0.1) is 11.9 Å². The largest absolute Gasteiger partial charge is 0.384 e. The van der Waals surface area contributed by atoms with Gasteiger partial charge >= 0.3 is 0 Å². The van der Waals surface area contributed by atoms with Gasteiger partial charge in [0, 0.05) is 5.56 Å². The number of hydrogen-bond acceptors (Lipinski definition) is 3. The molecule has 1 amide bonds. The number of anilines is 2. The minimum absolute atomic E-state index is 0.128. The number of pyridine rings is 1. The van der Waals surface area contributed by atoms with Crippen molar-refractivity contribution in [1.82, 2.24) is 4.98 Å². The third kappa shape index (κ3) is 3.15. The standard InChI is InChI=1S/C16H19N3O/c1-10(2)12-5-4-11(3)14(8-12)16(20)19-13-6-7-15(17)18-9-13/h4-10H,1-3H3,(H2,17,18)(H,19,20). The number of nitrogen functional groups attached to an aromatic ring is 1. The average molecular weight is 269 g/mol. The average Bonchev–Trinajstić information content (AvgIpc) is 2.41. The van der Waals surface area contributed by atoms with Crippen LogP contribution in [0.2, 0.25) is 0 Å². The molecule has 2 aromatic rings. The van der Waals surface area contributed by atoms with Crippen LogP contribution < -0.4 is 11.1 Å². The molecule has 4 nitrogen and oxygen atoms in total. The molecule has 0 saturated carbocycles. The van der Waals surface area contributed by atoms with Crippen LogP contribution in [0.1, 0.15) is 41.3 Å². The Morgan fingerprint density at radius 3 is 2.60 bits per heavy atom. The molecule has 0 aliphatic heterocycles. The van der Waals surface area contributed by atoms with E-state index in [1.165, 1.54) is 0 Å². The van der Waals surface area contributed by atoms with Crippen molar-refractivity contribution < 1.29 is 4.79 Å². The zero-order chi connectivity index (χ0) is 14.7. The van der Waals surface area contributed by atoms with E-state index in [1.807, 2.05) is 19.1 Å². The highest BCUT2D eigenvalue weighted by atomic mass is 16.1. The van der Waals surface area contributed by atoms with Gasteiger partial charge in [-0.05, 0) is 42.2 Å². The van der Waals surface area contributed by atoms with Gasteiger partial charge in [0.2, 0.25) is 0 Å². The van der Waals surface area contributed by atoms with Gasteiger partial charge in [0.1, 0.15) is 5.82 Å². The van der Waals surface area contributed by atoms with Crippen molar-refractivity contribution in [3.63, 3.8) is 0 Å². The van der Waals surface area contributed by atoms with Crippen molar-refractivity contribution in [1.29, 1.82) is 0 Å². The Balaban J connectivity index is 2.24. The number of nitrogens with zero attached hydrogens (tertiary/aromatic N) is 1. The van der Waals surface area contributed by atoms with Crippen molar-refractivity contribution in [2.75, 3.05) is 11.1 Å². The molecule has 2 rings (SSSR count). The maximum Gasteiger partial charge on any atom is 0.255 e. The van der Waals surface area contributed by atoms with Crippen LogP contribution >= 0.6 is 0 Å². The van der Waals surface area contributed by atoms with Crippen LogP contribution in [0.5, 0.6) is 0 Å². The second kappa shape index (κ2) is 5.74. The number of rotatable bonds is 3. The van der Waals surface area contributed by atoms with E-state index in [0.29, 0.717) is 23.0 Å². The highest BCUT2D eigenvalue weighted by molar-refractivity contribution is 6.05. The molecule has 0 fully saturated rings. The molecule has 1 heterocycles. The van der Waals surface area contributed by atoms with E-state index < -0.39 is 0 Å². The quantitative estimate of drug-likeness (QED) is 0.897. The van der Waals surface area contributed by atoms with E-state index in [-0.39, 0.29) is 5.91 Å². The summed E-state index contributed by atoms with van der Waals surface area (Å²) in [5.41, 5.74) is 8.95. The first-order valence-electron chi connectivity index (χ1n) is 6.61. The van der Waals surface area contributed by atoms with Crippen molar-refractivity contribution in [2.24, 2.45) is 0 Å². The smallest absolute Gasteiger partial charge is 0.255 e. The van der Waals surface area contributed by atoms with Crippen molar-refractivity contribution >= 4 is 17.4 Å². The zero-order valence-corrected chi connectivity index (χ0v) is 12.0. The molecule has 0 bridgehead atoms. The number of hydrogen-bond donors (Lipinski definition) is 2. The number of nitrogens with two attached hydrogens (primary N) is 1. The summed E-state index contributed by atoms with van der Waals surface area (Å²) in [7, 11) is 0. The molecular formula is C16H19N3O. The molecule has 0 spiro atoms. The molecule has 0 aliphatic rings. The number of carbonyl (C=O) groups excluding carboxylic acids is 1. The summed E-state index contributed by atoms with van der Waals surface area (Å²) in [5.74, 6) is 0.692. The molecule has 0 aliphatic carbocycles. The molecule has 0 saturated heterocycles. The highest BCUT2D eigenvalue weighted by Gasteiger charge is 2.11. The molecular weight excluding hydrogens is 250 g/mol.